The summed E-state index contributed by atoms with van der Waals surface area (Å²) in [6.07, 6.45) is 2.47. The molecule has 148 valence electrons. The summed E-state index contributed by atoms with van der Waals surface area (Å²) < 4.78 is 23.5. The van der Waals surface area contributed by atoms with Gasteiger partial charge in [-0.15, -0.1) is 24.0 Å². The number of nitrogens with zero attached hydrogens (tertiary/aromatic N) is 2. The molecule has 6 nitrogen and oxygen atoms in total. The van der Waals surface area contributed by atoms with Crippen LogP contribution in [-0.4, -0.2) is 44.9 Å². The van der Waals surface area contributed by atoms with Crippen molar-refractivity contribution in [2.24, 2.45) is 4.99 Å². The van der Waals surface area contributed by atoms with Crippen molar-refractivity contribution in [2.45, 2.75) is 13.0 Å². The molecule has 0 fully saturated rings. The first kappa shape index (κ1) is 23.1. The summed E-state index contributed by atoms with van der Waals surface area (Å²) in [5.74, 6) is 1.04. The molecular formula is C19H26FIN4O2. The fraction of sp³-hybridized carbons (Fsp3) is 0.368. The maximum absolute atomic E-state index is 12.9. The van der Waals surface area contributed by atoms with Crippen LogP contribution in [0.3, 0.4) is 0 Å². The number of aliphatic imine (C=N–C) groups is 1. The average molecular weight is 488 g/mol. The van der Waals surface area contributed by atoms with Crippen molar-refractivity contribution in [2.75, 3.05) is 33.9 Å². The number of rotatable bonds is 9. The van der Waals surface area contributed by atoms with Gasteiger partial charge in [0, 0.05) is 39.0 Å². The summed E-state index contributed by atoms with van der Waals surface area (Å²) in [7, 11) is 3.35. The SMILES string of the molecule is CN=C(NCCc1ccc(F)cc1)NCc1cccnc1OCCOC.I. The highest BCUT2D eigenvalue weighted by molar-refractivity contribution is 14.0. The zero-order chi connectivity index (χ0) is 18.6. The van der Waals surface area contributed by atoms with E-state index in [1.807, 2.05) is 12.1 Å². The molecule has 0 aliphatic carbocycles. The summed E-state index contributed by atoms with van der Waals surface area (Å²) in [5.41, 5.74) is 2.00. The van der Waals surface area contributed by atoms with Crippen LogP contribution in [0.4, 0.5) is 4.39 Å². The maximum Gasteiger partial charge on any atom is 0.218 e. The van der Waals surface area contributed by atoms with Gasteiger partial charge in [0.1, 0.15) is 12.4 Å². The Bertz CT molecular complexity index is 698. The molecule has 0 bridgehead atoms. The Kier molecular flexibility index (Phi) is 11.3. The third kappa shape index (κ3) is 8.53. The molecule has 0 aliphatic heterocycles. The maximum atomic E-state index is 12.9. The largest absolute Gasteiger partial charge is 0.475 e. The second kappa shape index (κ2) is 13.3. The summed E-state index contributed by atoms with van der Waals surface area (Å²) >= 11 is 0. The molecule has 0 aliphatic rings. The van der Waals surface area contributed by atoms with Gasteiger partial charge in [-0.3, -0.25) is 4.99 Å². The van der Waals surface area contributed by atoms with Crippen LogP contribution in [-0.2, 0) is 17.7 Å². The van der Waals surface area contributed by atoms with Crippen LogP contribution in [0.2, 0.25) is 0 Å². The smallest absolute Gasteiger partial charge is 0.218 e. The van der Waals surface area contributed by atoms with Crippen molar-refractivity contribution in [1.29, 1.82) is 0 Å². The molecule has 2 N–H and O–H groups in total. The van der Waals surface area contributed by atoms with E-state index < -0.39 is 0 Å². The lowest BCUT2D eigenvalue weighted by Gasteiger charge is -2.14. The molecule has 0 saturated heterocycles. The third-order valence-electron chi connectivity index (χ3n) is 3.67. The predicted octanol–water partition coefficient (Wildman–Crippen LogP) is 2.77. The lowest BCUT2D eigenvalue weighted by atomic mass is 10.1. The van der Waals surface area contributed by atoms with E-state index in [1.54, 1.807) is 32.5 Å². The molecule has 0 amide bonds. The van der Waals surface area contributed by atoms with Crippen LogP contribution in [0, 0.1) is 5.82 Å². The molecule has 2 aromatic rings. The fourth-order valence-corrected chi connectivity index (χ4v) is 2.29. The third-order valence-corrected chi connectivity index (χ3v) is 3.67. The van der Waals surface area contributed by atoms with Gasteiger partial charge in [0.25, 0.3) is 0 Å². The summed E-state index contributed by atoms with van der Waals surface area (Å²) in [5, 5.41) is 6.48. The van der Waals surface area contributed by atoms with Crippen molar-refractivity contribution < 1.29 is 13.9 Å². The molecule has 0 saturated carbocycles. The minimum atomic E-state index is -0.223. The molecule has 27 heavy (non-hydrogen) atoms. The van der Waals surface area contributed by atoms with Crippen molar-refractivity contribution >= 4 is 29.9 Å². The molecule has 0 atom stereocenters. The number of methoxy groups -OCH3 is 1. The van der Waals surface area contributed by atoms with Crippen LogP contribution in [0.1, 0.15) is 11.1 Å². The monoisotopic (exact) mass is 488 g/mol. The van der Waals surface area contributed by atoms with E-state index in [-0.39, 0.29) is 29.8 Å². The van der Waals surface area contributed by atoms with Crippen molar-refractivity contribution in [3.8, 4) is 5.88 Å². The van der Waals surface area contributed by atoms with Gasteiger partial charge >= 0.3 is 0 Å². The summed E-state index contributed by atoms with van der Waals surface area (Å²) in [6, 6.07) is 10.3. The van der Waals surface area contributed by atoms with Crippen molar-refractivity contribution in [1.82, 2.24) is 15.6 Å². The van der Waals surface area contributed by atoms with E-state index in [0.29, 0.717) is 38.1 Å². The van der Waals surface area contributed by atoms with E-state index in [1.165, 1.54) is 12.1 Å². The van der Waals surface area contributed by atoms with Crippen LogP contribution >= 0.6 is 24.0 Å². The summed E-state index contributed by atoms with van der Waals surface area (Å²) in [6.45, 7) is 2.18. The Morgan fingerprint density at radius 3 is 2.63 bits per heavy atom. The number of nitrogens with one attached hydrogen (secondary N) is 2. The molecular weight excluding hydrogens is 462 g/mol. The zero-order valence-electron chi connectivity index (χ0n) is 15.6. The normalized spacial score (nSPS) is 10.9. The quantitative estimate of drug-likeness (QED) is 0.246. The number of ether oxygens (including phenoxy) is 2. The minimum absolute atomic E-state index is 0. The highest BCUT2D eigenvalue weighted by Gasteiger charge is 2.06. The average Bonchev–Trinajstić information content (AvgIpc) is 2.67. The van der Waals surface area contributed by atoms with Gasteiger partial charge in [-0.1, -0.05) is 18.2 Å². The Morgan fingerprint density at radius 2 is 1.93 bits per heavy atom. The second-order valence-corrected chi connectivity index (χ2v) is 5.54. The lowest BCUT2D eigenvalue weighted by Crippen LogP contribution is -2.38. The first-order chi connectivity index (χ1) is 12.7. The highest BCUT2D eigenvalue weighted by atomic mass is 127. The number of hydrogen-bond donors (Lipinski definition) is 2. The van der Waals surface area contributed by atoms with E-state index in [4.69, 9.17) is 9.47 Å². The van der Waals surface area contributed by atoms with Crippen molar-refractivity contribution in [3.63, 3.8) is 0 Å². The molecule has 2 rings (SSSR count). The summed E-state index contributed by atoms with van der Waals surface area (Å²) in [4.78, 5) is 8.46. The van der Waals surface area contributed by atoms with Gasteiger partial charge < -0.3 is 20.1 Å². The van der Waals surface area contributed by atoms with Gasteiger partial charge in [-0.25, -0.2) is 9.37 Å². The minimum Gasteiger partial charge on any atom is -0.475 e. The second-order valence-electron chi connectivity index (χ2n) is 5.54. The fourth-order valence-electron chi connectivity index (χ4n) is 2.29. The van der Waals surface area contributed by atoms with Gasteiger partial charge in [0.2, 0.25) is 5.88 Å². The van der Waals surface area contributed by atoms with E-state index in [9.17, 15) is 4.39 Å². The van der Waals surface area contributed by atoms with Crippen LogP contribution in [0.25, 0.3) is 0 Å². The molecule has 1 aromatic heterocycles. The number of aromatic nitrogens is 1. The molecule has 1 aromatic carbocycles. The first-order valence-electron chi connectivity index (χ1n) is 8.47. The molecule has 1 heterocycles. The standard InChI is InChI=1S/C19H25FN4O2.HI/c1-21-19(23-11-9-15-5-7-17(20)8-6-15)24-14-16-4-3-10-22-18(16)26-13-12-25-2;/h3-8,10H,9,11-14H2,1-2H3,(H2,21,23,24);1H. The Balaban J connectivity index is 0.00000364. The van der Waals surface area contributed by atoms with Crippen LogP contribution in [0.15, 0.2) is 47.6 Å². The topological polar surface area (TPSA) is 67.8 Å². The first-order valence-corrected chi connectivity index (χ1v) is 8.47. The Morgan fingerprint density at radius 1 is 1.15 bits per heavy atom. The Hall–Kier alpha value is -1.94. The molecule has 8 heteroatoms. The molecule has 0 unspecified atom stereocenters. The number of guanidine groups is 1. The number of benzene rings is 1. The van der Waals surface area contributed by atoms with E-state index >= 15 is 0 Å². The van der Waals surface area contributed by atoms with Crippen molar-refractivity contribution in [3.05, 3.63) is 59.5 Å². The van der Waals surface area contributed by atoms with Gasteiger partial charge in [0.15, 0.2) is 5.96 Å². The van der Waals surface area contributed by atoms with Crippen LogP contribution < -0.4 is 15.4 Å². The van der Waals surface area contributed by atoms with E-state index in [2.05, 4.69) is 20.6 Å². The molecule has 0 spiro atoms. The highest BCUT2D eigenvalue weighted by Crippen LogP contribution is 2.13. The Labute approximate surface area is 176 Å². The predicted molar refractivity (Wildman–Crippen MR) is 115 cm³/mol. The number of pyridine rings is 1. The molecule has 0 radical (unpaired) electrons. The van der Waals surface area contributed by atoms with Gasteiger partial charge in [-0.05, 0) is 30.2 Å². The lowest BCUT2D eigenvalue weighted by molar-refractivity contribution is 0.143. The van der Waals surface area contributed by atoms with Gasteiger partial charge in [-0.2, -0.15) is 0 Å². The number of halogens is 2. The van der Waals surface area contributed by atoms with Gasteiger partial charge in [0.05, 0.1) is 6.61 Å². The van der Waals surface area contributed by atoms with Crippen LogP contribution in [0.5, 0.6) is 5.88 Å². The zero-order valence-corrected chi connectivity index (χ0v) is 17.9. The van der Waals surface area contributed by atoms with E-state index in [0.717, 1.165) is 17.5 Å². The number of hydrogen-bond acceptors (Lipinski definition) is 4.